The van der Waals surface area contributed by atoms with Crippen molar-refractivity contribution in [3.8, 4) is 34.3 Å². The Kier molecular flexibility index (Phi) is 11.5. The molecule has 3 fully saturated rings. The molecule has 20 nitrogen and oxygen atoms in total. The van der Waals surface area contributed by atoms with E-state index in [0.29, 0.717) is 0 Å². The number of rotatable bonds is 9. The van der Waals surface area contributed by atoms with Crippen LogP contribution in [0.1, 0.15) is 6.92 Å². The summed E-state index contributed by atoms with van der Waals surface area (Å²) in [5, 5.41) is 122. The summed E-state index contributed by atoms with van der Waals surface area (Å²) in [4.78, 5) is 14.0. The molecule has 2 aromatic carbocycles. The number of hydrogen-bond donors (Lipinski definition) is 12. The Hall–Kier alpha value is -3.71. The van der Waals surface area contributed by atoms with Crippen LogP contribution in [0.15, 0.2) is 45.6 Å². The van der Waals surface area contributed by atoms with Crippen molar-refractivity contribution >= 4 is 11.0 Å². The van der Waals surface area contributed by atoms with Gasteiger partial charge in [0.1, 0.15) is 95.4 Å². The summed E-state index contributed by atoms with van der Waals surface area (Å²) in [5.74, 6) is -1.92. The Morgan fingerprint density at radius 2 is 1.09 bits per heavy atom. The minimum atomic E-state index is -1.86. The molecular formula is C33H40O20. The molecule has 6 rings (SSSR count). The highest BCUT2D eigenvalue weighted by Crippen LogP contribution is 2.39. The van der Waals surface area contributed by atoms with Gasteiger partial charge in [0, 0.05) is 17.7 Å². The van der Waals surface area contributed by atoms with E-state index in [2.05, 4.69) is 0 Å². The number of phenolic OH excluding ortho intramolecular Hbond substituents is 1. The highest BCUT2D eigenvalue weighted by Gasteiger charge is 2.47. The van der Waals surface area contributed by atoms with E-state index in [9.17, 15) is 66.1 Å². The molecule has 53 heavy (non-hydrogen) atoms. The number of ether oxygens (including phenoxy) is 6. The molecule has 20 heteroatoms. The molecule has 3 aromatic rings. The second kappa shape index (κ2) is 15.6. The molecule has 1 aromatic heterocycles. The summed E-state index contributed by atoms with van der Waals surface area (Å²) in [6.07, 6.45) is -23.9. The molecule has 0 saturated carbocycles. The van der Waals surface area contributed by atoms with Gasteiger partial charge in [0.2, 0.25) is 30.0 Å². The van der Waals surface area contributed by atoms with Gasteiger partial charge in [0.05, 0.1) is 19.3 Å². The topological polar surface area (TPSA) is 328 Å². The van der Waals surface area contributed by atoms with Crippen LogP contribution in [0.25, 0.3) is 22.3 Å². The maximum Gasteiger partial charge on any atom is 0.239 e. The number of aromatic hydroxyl groups is 1. The lowest BCUT2D eigenvalue weighted by Gasteiger charge is -2.39. The molecule has 0 unspecified atom stereocenters. The molecule has 292 valence electrons. The molecule has 0 spiro atoms. The molecule has 0 radical (unpaired) electrons. The second-order valence-electron chi connectivity index (χ2n) is 12.9. The van der Waals surface area contributed by atoms with Gasteiger partial charge < -0.3 is 94.1 Å². The standard InChI is InChI=1S/C33H40O20/c1-10-19(37)23(41)26(44)31(47-10)53-30-22(40)18-14(36)6-13(49-33-28(46)25(43)21(39)17(9-35)52-33)7-15(18)50-29(30)11-2-4-12(5-3-11)48-32-27(45)24(42)20(38)16(8-34)51-32/h2-7,10,16-17,19-21,23-28,31-39,41-46H,8-9H2,1H3/t10-,16+,17+,19-,20-,21-,23+,24-,25-,26+,27+,28+,31-,32+,33+/m0/s1. The molecule has 0 aliphatic carbocycles. The Morgan fingerprint density at radius 3 is 1.62 bits per heavy atom. The highest BCUT2D eigenvalue weighted by molar-refractivity contribution is 5.88. The summed E-state index contributed by atoms with van der Waals surface area (Å²) < 4.78 is 39.3. The fraction of sp³-hybridized carbons (Fsp3) is 0.545. The SMILES string of the molecule is C[C@@H]1O[C@@H](Oc2c(-c3ccc(O[C@@H]4O[C@H](CO)[C@H](O)[C@H](O)[C@H]4O)cc3)oc3cc(O[C@@H]4O[C@H](CO)[C@H](O)[C@H](O)[C@H]4O)cc(O)c3c2=O)[C@H](O)[C@H](O)[C@H]1O. The third-order valence-corrected chi connectivity index (χ3v) is 9.27. The van der Waals surface area contributed by atoms with E-state index >= 15 is 0 Å². The zero-order valence-electron chi connectivity index (χ0n) is 27.7. The van der Waals surface area contributed by atoms with E-state index in [1.54, 1.807) is 0 Å². The van der Waals surface area contributed by atoms with Crippen molar-refractivity contribution in [1.29, 1.82) is 0 Å². The van der Waals surface area contributed by atoms with E-state index in [4.69, 9.17) is 32.8 Å². The summed E-state index contributed by atoms with van der Waals surface area (Å²) >= 11 is 0. The lowest BCUT2D eigenvalue weighted by atomic mass is 9.99. The lowest BCUT2D eigenvalue weighted by molar-refractivity contribution is -0.277. The number of aliphatic hydroxyl groups excluding tert-OH is 11. The Labute approximate surface area is 298 Å². The molecule has 3 aliphatic rings. The zero-order chi connectivity index (χ0) is 38.5. The van der Waals surface area contributed by atoms with Crippen LogP contribution in [0.2, 0.25) is 0 Å². The Bertz CT molecular complexity index is 1780. The third-order valence-electron chi connectivity index (χ3n) is 9.27. The largest absolute Gasteiger partial charge is 0.507 e. The lowest BCUT2D eigenvalue weighted by Crippen LogP contribution is -2.60. The van der Waals surface area contributed by atoms with Gasteiger partial charge in [-0.25, -0.2) is 0 Å². The fourth-order valence-electron chi connectivity index (χ4n) is 6.13. The van der Waals surface area contributed by atoms with Crippen molar-refractivity contribution in [1.82, 2.24) is 0 Å². The van der Waals surface area contributed by atoms with Crippen molar-refractivity contribution in [2.75, 3.05) is 13.2 Å². The van der Waals surface area contributed by atoms with Crippen LogP contribution >= 0.6 is 0 Å². The summed E-state index contributed by atoms with van der Waals surface area (Å²) in [6.45, 7) is -0.0430. The zero-order valence-corrected chi connectivity index (χ0v) is 27.7. The molecule has 12 N–H and O–H groups in total. The van der Waals surface area contributed by atoms with Gasteiger partial charge in [-0.2, -0.15) is 0 Å². The van der Waals surface area contributed by atoms with Crippen molar-refractivity contribution in [2.45, 2.75) is 99.0 Å². The monoisotopic (exact) mass is 756 g/mol. The maximum atomic E-state index is 14.0. The van der Waals surface area contributed by atoms with Gasteiger partial charge >= 0.3 is 0 Å². The van der Waals surface area contributed by atoms with Crippen LogP contribution in [-0.4, -0.2) is 167 Å². The quantitative estimate of drug-likeness (QED) is 0.0983. The Balaban J connectivity index is 1.37. The van der Waals surface area contributed by atoms with Crippen molar-refractivity contribution in [3.63, 3.8) is 0 Å². The average molecular weight is 757 g/mol. The van der Waals surface area contributed by atoms with Crippen molar-refractivity contribution in [3.05, 3.63) is 46.6 Å². The normalized spacial score (nSPS) is 37.7. The molecule has 0 amide bonds. The van der Waals surface area contributed by atoms with E-state index in [1.165, 1.54) is 31.2 Å². The van der Waals surface area contributed by atoms with E-state index in [0.717, 1.165) is 12.1 Å². The number of phenols is 1. The molecule has 3 saturated heterocycles. The van der Waals surface area contributed by atoms with Crippen molar-refractivity contribution < 1.29 is 94.1 Å². The van der Waals surface area contributed by atoms with E-state index in [1.807, 2.05) is 0 Å². The Morgan fingerprint density at radius 1 is 0.604 bits per heavy atom. The summed E-state index contributed by atoms with van der Waals surface area (Å²) in [5.41, 5.74) is -1.24. The van der Waals surface area contributed by atoms with Crippen molar-refractivity contribution in [2.24, 2.45) is 0 Å². The molecule has 4 heterocycles. The van der Waals surface area contributed by atoms with Gasteiger partial charge in [-0.15, -0.1) is 0 Å². The van der Waals surface area contributed by atoms with E-state index < -0.39 is 128 Å². The van der Waals surface area contributed by atoms with Crippen LogP contribution in [-0.2, 0) is 14.2 Å². The fourth-order valence-corrected chi connectivity index (χ4v) is 6.13. The smallest absolute Gasteiger partial charge is 0.239 e. The third kappa shape index (κ3) is 7.39. The van der Waals surface area contributed by atoms with Crippen LogP contribution in [0, 0.1) is 0 Å². The number of benzene rings is 2. The number of aliphatic hydroxyl groups is 11. The molecule has 15 atom stereocenters. The highest BCUT2D eigenvalue weighted by atomic mass is 16.7. The first-order valence-corrected chi connectivity index (χ1v) is 16.4. The maximum absolute atomic E-state index is 14.0. The van der Waals surface area contributed by atoms with Crippen LogP contribution in [0.5, 0.6) is 23.0 Å². The van der Waals surface area contributed by atoms with Crippen LogP contribution in [0.4, 0.5) is 0 Å². The van der Waals surface area contributed by atoms with Gasteiger partial charge in [0.25, 0.3) is 0 Å². The van der Waals surface area contributed by atoms with Crippen LogP contribution in [0.3, 0.4) is 0 Å². The summed E-state index contributed by atoms with van der Waals surface area (Å²) in [6, 6.07) is 7.43. The minimum absolute atomic E-state index is 0.0357. The second-order valence-corrected chi connectivity index (χ2v) is 12.9. The predicted molar refractivity (Wildman–Crippen MR) is 171 cm³/mol. The van der Waals surface area contributed by atoms with E-state index in [-0.39, 0.29) is 28.4 Å². The first-order chi connectivity index (χ1) is 25.1. The first-order valence-electron chi connectivity index (χ1n) is 16.4. The minimum Gasteiger partial charge on any atom is -0.507 e. The first kappa shape index (κ1) is 39.0. The van der Waals surface area contributed by atoms with Gasteiger partial charge in [-0.3, -0.25) is 4.79 Å². The van der Waals surface area contributed by atoms with Gasteiger partial charge in [-0.1, -0.05) is 0 Å². The average Bonchev–Trinajstić information content (AvgIpc) is 3.14. The summed E-state index contributed by atoms with van der Waals surface area (Å²) in [7, 11) is 0. The van der Waals surface area contributed by atoms with Gasteiger partial charge in [-0.05, 0) is 31.2 Å². The molecule has 0 bridgehead atoms. The van der Waals surface area contributed by atoms with Crippen LogP contribution < -0.4 is 19.6 Å². The van der Waals surface area contributed by atoms with Gasteiger partial charge in [0.15, 0.2) is 5.76 Å². The molecular weight excluding hydrogens is 716 g/mol. The number of hydrogen-bond acceptors (Lipinski definition) is 20. The number of fused-ring (bicyclic) bond motifs is 1. The predicted octanol–water partition coefficient (Wildman–Crippen LogP) is -4.27. The molecule has 3 aliphatic heterocycles.